The Bertz CT molecular complexity index is 793. The Morgan fingerprint density at radius 2 is 1.73 bits per heavy atom. The van der Waals surface area contributed by atoms with Gasteiger partial charge in [-0.3, -0.25) is 4.79 Å². The van der Waals surface area contributed by atoms with Crippen molar-refractivity contribution in [3.8, 4) is 11.1 Å². The summed E-state index contributed by atoms with van der Waals surface area (Å²) in [5.74, 6) is -0.151. The van der Waals surface area contributed by atoms with E-state index in [0.29, 0.717) is 19.3 Å². The van der Waals surface area contributed by atoms with Crippen LogP contribution in [0.5, 0.6) is 0 Å². The van der Waals surface area contributed by atoms with Gasteiger partial charge in [-0.15, -0.1) is 0 Å². The molecule has 0 N–H and O–H groups in total. The Morgan fingerprint density at radius 1 is 1.08 bits per heavy atom. The molecule has 26 heavy (non-hydrogen) atoms. The minimum Gasteiger partial charge on any atom is -0.443 e. The summed E-state index contributed by atoms with van der Waals surface area (Å²) < 4.78 is 5.44. The maximum Gasteiger partial charge on any atom is 0.417 e. The van der Waals surface area contributed by atoms with Crippen molar-refractivity contribution < 1.29 is 14.3 Å². The number of carbonyl (C=O) groups is 2. The minimum atomic E-state index is -0.619. The number of hydrogen-bond donors (Lipinski definition) is 0. The van der Waals surface area contributed by atoms with Crippen molar-refractivity contribution in [1.82, 2.24) is 4.90 Å². The lowest BCUT2D eigenvalue weighted by atomic mass is 9.94. The van der Waals surface area contributed by atoms with E-state index >= 15 is 0 Å². The second-order valence-electron chi connectivity index (χ2n) is 7.66. The molecule has 1 heterocycles. The molecule has 0 aliphatic carbocycles. The first-order valence-corrected chi connectivity index (χ1v) is 9.03. The van der Waals surface area contributed by atoms with Gasteiger partial charge in [0.05, 0.1) is 0 Å². The number of rotatable bonds is 3. The van der Waals surface area contributed by atoms with E-state index in [0.717, 1.165) is 16.7 Å². The summed E-state index contributed by atoms with van der Waals surface area (Å²) in [5.41, 5.74) is 2.78. The van der Waals surface area contributed by atoms with Gasteiger partial charge in [-0.05, 0) is 50.3 Å². The number of nitrogens with zero attached hydrogens (tertiary/aromatic N) is 1. The number of carbonyl (C=O) groups excluding carboxylic acids is 2. The largest absolute Gasteiger partial charge is 0.443 e. The summed E-state index contributed by atoms with van der Waals surface area (Å²) in [5, 5.41) is 0. The number of imide groups is 1. The standard InChI is InChI=1S/C22H25NO3/c1-22(2,3)26-21(25)23-18(13-14-20(23)24)15-17-11-7-8-12-19(17)16-9-5-4-6-10-16/h4-12,18H,13-15H2,1-3H3/t18-/m0/s1. The van der Waals surface area contributed by atoms with Crippen molar-refractivity contribution in [2.45, 2.75) is 51.7 Å². The molecule has 2 aromatic rings. The zero-order chi connectivity index (χ0) is 18.7. The Labute approximate surface area is 154 Å². The van der Waals surface area contributed by atoms with E-state index < -0.39 is 11.7 Å². The van der Waals surface area contributed by atoms with E-state index in [1.165, 1.54) is 4.90 Å². The van der Waals surface area contributed by atoms with Crippen LogP contribution in [0.3, 0.4) is 0 Å². The van der Waals surface area contributed by atoms with Gasteiger partial charge in [0.2, 0.25) is 5.91 Å². The molecule has 1 atom stereocenters. The monoisotopic (exact) mass is 351 g/mol. The number of benzene rings is 2. The van der Waals surface area contributed by atoms with Crippen LogP contribution >= 0.6 is 0 Å². The van der Waals surface area contributed by atoms with Gasteiger partial charge in [-0.2, -0.15) is 0 Å². The molecule has 2 aromatic carbocycles. The molecule has 2 amide bonds. The highest BCUT2D eigenvalue weighted by molar-refractivity contribution is 5.94. The molecular formula is C22H25NO3. The van der Waals surface area contributed by atoms with Crippen molar-refractivity contribution in [2.24, 2.45) is 0 Å². The van der Waals surface area contributed by atoms with Crippen LogP contribution in [0.4, 0.5) is 4.79 Å². The first-order valence-electron chi connectivity index (χ1n) is 9.03. The fourth-order valence-electron chi connectivity index (χ4n) is 3.35. The molecule has 1 saturated heterocycles. The van der Waals surface area contributed by atoms with Crippen molar-refractivity contribution >= 4 is 12.0 Å². The lowest BCUT2D eigenvalue weighted by molar-refractivity contribution is -0.128. The summed E-state index contributed by atoms with van der Waals surface area (Å²) in [4.78, 5) is 26.1. The van der Waals surface area contributed by atoms with Crippen molar-refractivity contribution in [1.29, 1.82) is 0 Å². The third-order valence-corrected chi connectivity index (χ3v) is 4.47. The lowest BCUT2D eigenvalue weighted by Crippen LogP contribution is -2.43. The fraction of sp³-hybridized carbons (Fsp3) is 0.364. The molecule has 0 unspecified atom stereocenters. The van der Waals surface area contributed by atoms with E-state index in [1.54, 1.807) is 0 Å². The summed E-state index contributed by atoms with van der Waals surface area (Å²) in [6.07, 6.45) is 1.15. The Balaban J connectivity index is 1.84. The second-order valence-corrected chi connectivity index (χ2v) is 7.66. The van der Waals surface area contributed by atoms with Crippen molar-refractivity contribution in [3.63, 3.8) is 0 Å². The van der Waals surface area contributed by atoms with E-state index in [2.05, 4.69) is 24.3 Å². The highest BCUT2D eigenvalue weighted by Crippen LogP contribution is 2.29. The van der Waals surface area contributed by atoms with E-state index in [9.17, 15) is 9.59 Å². The summed E-state index contributed by atoms with van der Waals surface area (Å²) in [7, 11) is 0. The zero-order valence-corrected chi connectivity index (χ0v) is 15.6. The first kappa shape index (κ1) is 18.2. The zero-order valence-electron chi connectivity index (χ0n) is 15.6. The predicted octanol–water partition coefficient (Wildman–Crippen LogP) is 4.82. The molecule has 0 aromatic heterocycles. The van der Waals surface area contributed by atoms with E-state index in [-0.39, 0.29) is 11.9 Å². The fourth-order valence-corrected chi connectivity index (χ4v) is 3.35. The van der Waals surface area contributed by atoms with Crippen LogP contribution in [0.1, 0.15) is 39.2 Å². The highest BCUT2D eigenvalue weighted by atomic mass is 16.6. The number of ether oxygens (including phenoxy) is 1. The maximum atomic E-state index is 12.5. The summed E-state index contributed by atoms with van der Waals surface area (Å²) >= 11 is 0. The van der Waals surface area contributed by atoms with Gasteiger partial charge >= 0.3 is 6.09 Å². The molecule has 0 bridgehead atoms. The van der Waals surface area contributed by atoms with E-state index in [4.69, 9.17) is 4.74 Å². The van der Waals surface area contributed by atoms with Crippen LogP contribution in [0.15, 0.2) is 54.6 Å². The van der Waals surface area contributed by atoms with Crippen LogP contribution in [0.2, 0.25) is 0 Å². The Kier molecular flexibility index (Phi) is 5.12. The van der Waals surface area contributed by atoms with Gasteiger partial charge in [0, 0.05) is 12.5 Å². The SMILES string of the molecule is CC(C)(C)OC(=O)N1C(=O)CC[C@H]1Cc1ccccc1-c1ccccc1. The molecule has 4 nitrogen and oxygen atoms in total. The minimum absolute atomic E-state index is 0.151. The molecule has 0 saturated carbocycles. The van der Waals surface area contributed by atoms with Crippen LogP contribution in [-0.2, 0) is 16.0 Å². The Hall–Kier alpha value is -2.62. The molecule has 4 heteroatoms. The molecule has 136 valence electrons. The van der Waals surface area contributed by atoms with Crippen LogP contribution in [-0.4, -0.2) is 28.5 Å². The average molecular weight is 351 g/mol. The Morgan fingerprint density at radius 3 is 2.42 bits per heavy atom. The quantitative estimate of drug-likeness (QED) is 0.796. The van der Waals surface area contributed by atoms with Crippen molar-refractivity contribution in [3.05, 3.63) is 60.2 Å². The molecular weight excluding hydrogens is 326 g/mol. The van der Waals surface area contributed by atoms with Gasteiger partial charge in [0.1, 0.15) is 5.60 Å². The highest BCUT2D eigenvalue weighted by Gasteiger charge is 2.38. The van der Waals surface area contributed by atoms with Crippen LogP contribution < -0.4 is 0 Å². The summed E-state index contributed by atoms with van der Waals surface area (Å²) in [6, 6.07) is 18.2. The maximum absolute atomic E-state index is 12.5. The molecule has 1 fully saturated rings. The summed E-state index contributed by atoms with van der Waals surface area (Å²) in [6.45, 7) is 5.43. The van der Waals surface area contributed by atoms with Gasteiger partial charge in [0.15, 0.2) is 0 Å². The van der Waals surface area contributed by atoms with Crippen LogP contribution in [0.25, 0.3) is 11.1 Å². The molecule has 1 aliphatic rings. The lowest BCUT2D eigenvalue weighted by Gasteiger charge is -2.27. The number of likely N-dealkylation sites (tertiary alicyclic amines) is 1. The molecule has 3 rings (SSSR count). The molecule has 0 radical (unpaired) electrons. The molecule has 0 spiro atoms. The van der Waals surface area contributed by atoms with Crippen molar-refractivity contribution in [2.75, 3.05) is 0 Å². The smallest absolute Gasteiger partial charge is 0.417 e. The third kappa shape index (κ3) is 4.13. The normalized spacial score (nSPS) is 17.4. The first-order chi connectivity index (χ1) is 12.3. The third-order valence-electron chi connectivity index (χ3n) is 4.47. The number of hydrogen-bond acceptors (Lipinski definition) is 3. The number of amides is 2. The predicted molar refractivity (Wildman–Crippen MR) is 102 cm³/mol. The van der Waals surface area contributed by atoms with Crippen LogP contribution in [0, 0.1) is 0 Å². The second kappa shape index (κ2) is 7.32. The van der Waals surface area contributed by atoms with Gasteiger partial charge in [-0.1, -0.05) is 54.6 Å². The van der Waals surface area contributed by atoms with Gasteiger partial charge in [0.25, 0.3) is 0 Å². The van der Waals surface area contributed by atoms with Gasteiger partial charge in [-0.25, -0.2) is 9.69 Å². The molecule has 1 aliphatic heterocycles. The van der Waals surface area contributed by atoms with E-state index in [1.807, 2.05) is 51.1 Å². The van der Waals surface area contributed by atoms with Gasteiger partial charge < -0.3 is 4.74 Å². The topological polar surface area (TPSA) is 46.6 Å². The average Bonchev–Trinajstić information content (AvgIpc) is 2.95.